The zero-order valence-corrected chi connectivity index (χ0v) is 14.7. The lowest BCUT2D eigenvalue weighted by atomic mass is 9.79. The molecule has 0 aliphatic heterocycles. The van der Waals surface area contributed by atoms with E-state index < -0.39 is 0 Å². The highest BCUT2D eigenvalue weighted by atomic mass is 14.7. The SMILES string of the molecule is C=Cc1ccccc1C(N)(CCCCCC)CCCCCC. The molecule has 1 aromatic rings. The van der Waals surface area contributed by atoms with Gasteiger partial charge in [-0.15, -0.1) is 0 Å². The molecule has 1 nitrogen and oxygen atoms in total. The summed E-state index contributed by atoms with van der Waals surface area (Å²) in [5.74, 6) is 0. The fourth-order valence-corrected chi connectivity index (χ4v) is 3.26. The molecule has 0 atom stereocenters. The number of hydrogen-bond donors (Lipinski definition) is 1. The minimum atomic E-state index is -0.188. The standard InChI is InChI=1S/C21H35N/c1-4-7-9-13-17-21(22,18-14-10-8-5-2)20-16-12-11-15-19(20)6-3/h6,11-12,15-16H,3-5,7-10,13-14,17-18,22H2,1-2H3. The van der Waals surface area contributed by atoms with Crippen LogP contribution in [0.3, 0.4) is 0 Å². The van der Waals surface area contributed by atoms with E-state index in [9.17, 15) is 0 Å². The van der Waals surface area contributed by atoms with Gasteiger partial charge in [0.1, 0.15) is 0 Å². The molecule has 0 aromatic heterocycles. The fraction of sp³-hybridized carbons (Fsp3) is 0.619. The van der Waals surface area contributed by atoms with Gasteiger partial charge in [0.2, 0.25) is 0 Å². The summed E-state index contributed by atoms with van der Waals surface area (Å²) in [4.78, 5) is 0. The Kier molecular flexibility index (Phi) is 9.15. The van der Waals surface area contributed by atoms with Gasteiger partial charge in [0, 0.05) is 5.54 Å². The Morgan fingerprint density at radius 3 is 1.95 bits per heavy atom. The molecule has 2 N–H and O–H groups in total. The number of hydrogen-bond acceptors (Lipinski definition) is 1. The largest absolute Gasteiger partial charge is 0.321 e. The van der Waals surface area contributed by atoms with Gasteiger partial charge in [-0.3, -0.25) is 0 Å². The molecular weight excluding hydrogens is 266 g/mol. The topological polar surface area (TPSA) is 26.0 Å². The van der Waals surface area contributed by atoms with Crippen molar-refractivity contribution >= 4 is 6.08 Å². The van der Waals surface area contributed by atoms with Crippen molar-refractivity contribution in [2.45, 2.75) is 83.6 Å². The molecule has 22 heavy (non-hydrogen) atoms. The second-order valence-electron chi connectivity index (χ2n) is 6.57. The lowest BCUT2D eigenvalue weighted by Crippen LogP contribution is -2.37. The highest BCUT2D eigenvalue weighted by molar-refractivity contribution is 5.54. The Hall–Kier alpha value is -1.08. The first-order valence-corrected chi connectivity index (χ1v) is 9.18. The van der Waals surface area contributed by atoms with Crippen LogP contribution in [0.15, 0.2) is 30.8 Å². The van der Waals surface area contributed by atoms with Crippen LogP contribution >= 0.6 is 0 Å². The first-order valence-electron chi connectivity index (χ1n) is 9.18. The van der Waals surface area contributed by atoms with Crippen LogP contribution < -0.4 is 5.73 Å². The smallest absolute Gasteiger partial charge is 0.0415 e. The van der Waals surface area contributed by atoms with Gasteiger partial charge in [0.15, 0.2) is 0 Å². The van der Waals surface area contributed by atoms with E-state index in [4.69, 9.17) is 5.73 Å². The summed E-state index contributed by atoms with van der Waals surface area (Å²) in [6, 6.07) is 8.54. The van der Waals surface area contributed by atoms with Crippen LogP contribution in [0, 0.1) is 0 Å². The van der Waals surface area contributed by atoms with Gasteiger partial charge in [-0.25, -0.2) is 0 Å². The molecule has 0 saturated carbocycles. The van der Waals surface area contributed by atoms with Crippen LogP contribution in [0.5, 0.6) is 0 Å². The highest BCUT2D eigenvalue weighted by Crippen LogP contribution is 2.33. The normalized spacial score (nSPS) is 11.6. The number of nitrogens with two attached hydrogens (primary N) is 1. The maximum atomic E-state index is 6.91. The molecule has 124 valence electrons. The second-order valence-corrected chi connectivity index (χ2v) is 6.57. The van der Waals surface area contributed by atoms with Gasteiger partial charge >= 0.3 is 0 Å². The van der Waals surface area contributed by atoms with Crippen LogP contribution in [0.1, 0.15) is 89.2 Å². The predicted molar refractivity (Wildman–Crippen MR) is 99.9 cm³/mol. The van der Waals surface area contributed by atoms with E-state index in [-0.39, 0.29) is 5.54 Å². The van der Waals surface area contributed by atoms with E-state index in [0.717, 1.165) is 12.8 Å². The molecule has 0 aliphatic carbocycles. The first-order chi connectivity index (χ1) is 10.7. The van der Waals surface area contributed by atoms with Gasteiger partial charge in [-0.1, -0.05) is 102 Å². The maximum Gasteiger partial charge on any atom is 0.0415 e. The summed E-state index contributed by atoms with van der Waals surface area (Å²) in [5.41, 5.74) is 9.22. The molecule has 0 saturated heterocycles. The minimum absolute atomic E-state index is 0.188. The predicted octanol–water partition coefficient (Wildman–Crippen LogP) is 6.42. The Morgan fingerprint density at radius 1 is 0.909 bits per heavy atom. The van der Waals surface area contributed by atoms with E-state index >= 15 is 0 Å². The Morgan fingerprint density at radius 2 is 1.45 bits per heavy atom. The summed E-state index contributed by atoms with van der Waals surface area (Å²) >= 11 is 0. The van der Waals surface area contributed by atoms with Gasteiger partial charge < -0.3 is 5.73 Å². The number of benzene rings is 1. The zero-order chi connectivity index (χ0) is 16.3. The molecule has 0 bridgehead atoms. The third-order valence-electron chi connectivity index (χ3n) is 4.67. The second kappa shape index (κ2) is 10.6. The Balaban J connectivity index is 2.81. The maximum absolute atomic E-state index is 6.91. The van der Waals surface area contributed by atoms with Crippen molar-refractivity contribution in [3.05, 3.63) is 42.0 Å². The molecule has 0 unspecified atom stereocenters. The Bertz CT molecular complexity index is 410. The van der Waals surface area contributed by atoms with E-state index in [1.165, 1.54) is 62.5 Å². The van der Waals surface area contributed by atoms with Crippen molar-refractivity contribution in [1.82, 2.24) is 0 Å². The molecule has 1 rings (SSSR count). The summed E-state index contributed by atoms with van der Waals surface area (Å²) in [6.07, 6.45) is 14.3. The van der Waals surface area contributed by atoms with Crippen molar-refractivity contribution in [2.75, 3.05) is 0 Å². The highest BCUT2D eigenvalue weighted by Gasteiger charge is 2.27. The summed E-state index contributed by atoms with van der Waals surface area (Å²) in [6.45, 7) is 8.48. The van der Waals surface area contributed by atoms with Gasteiger partial charge in [0.25, 0.3) is 0 Å². The summed E-state index contributed by atoms with van der Waals surface area (Å²) in [5, 5.41) is 0. The molecule has 1 aromatic carbocycles. The van der Waals surface area contributed by atoms with Crippen LogP contribution in [0.25, 0.3) is 6.08 Å². The third-order valence-corrected chi connectivity index (χ3v) is 4.67. The van der Waals surface area contributed by atoms with Crippen molar-refractivity contribution in [3.63, 3.8) is 0 Å². The molecule has 0 amide bonds. The third kappa shape index (κ3) is 5.96. The van der Waals surface area contributed by atoms with E-state index in [0.29, 0.717) is 0 Å². The Labute approximate surface area is 138 Å². The monoisotopic (exact) mass is 301 g/mol. The van der Waals surface area contributed by atoms with E-state index in [2.05, 4.69) is 44.7 Å². The molecule has 0 radical (unpaired) electrons. The lowest BCUT2D eigenvalue weighted by Gasteiger charge is -2.32. The number of rotatable bonds is 12. The van der Waals surface area contributed by atoms with E-state index in [1.807, 2.05) is 6.08 Å². The van der Waals surface area contributed by atoms with Gasteiger partial charge in [-0.2, -0.15) is 0 Å². The van der Waals surface area contributed by atoms with Crippen LogP contribution in [-0.4, -0.2) is 0 Å². The van der Waals surface area contributed by atoms with Gasteiger partial charge in [0.05, 0.1) is 0 Å². The van der Waals surface area contributed by atoms with Crippen LogP contribution in [-0.2, 0) is 5.54 Å². The summed E-state index contributed by atoms with van der Waals surface area (Å²) < 4.78 is 0. The summed E-state index contributed by atoms with van der Waals surface area (Å²) in [7, 11) is 0. The molecule has 1 heteroatoms. The van der Waals surface area contributed by atoms with Crippen LogP contribution in [0.4, 0.5) is 0 Å². The van der Waals surface area contributed by atoms with Gasteiger partial charge in [-0.05, 0) is 24.0 Å². The lowest BCUT2D eigenvalue weighted by molar-refractivity contribution is 0.344. The number of unbranched alkanes of at least 4 members (excludes halogenated alkanes) is 6. The van der Waals surface area contributed by atoms with Crippen LogP contribution in [0.2, 0.25) is 0 Å². The average Bonchev–Trinajstić information content (AvgIpc) is 2.56. The van der Waals surface area contributed by atoms with Crippen molar-refractivity contribution in [1.29, 1.82) is 0 Å². The first kappa shape index (κ1) is 19.0. The quantitative estimate of drug-likeness (QED) is 0.443. The fourth-order valence-electron chi connectivity index (χ4n) is 3.26. The molecule has 0 spiro atoms. The molecule has 0 heterocycles. The van der Waals surface area contributed by atoms with Crippen molar-refractivity contribution < 1.29 is 0 Å². The molecular formula is C21H35N. The molecule has 0 fully saturated rings. The van der Waals surface area contributed by atoms with Crippen molar-refractivity contribution in [3.8, 4) is 0 Å². The molecule has 0 aliphatic rings. The minimum Gasteiger partial charge on any atom is -0.321 e. The van der Waals surface area contributed by atoms with E-state index in [1.54, 1.807) is 0 Å². The zero-order valence-electron chi connectivity index (χ0n) is 14.7. The average molecular weight is 302 g/mol. The van der Waals surface area contributed by atoms with Crippen molar-refractivity contribution in [2.24, 2.45) is 5.73 Å².